The molecule has 0 atom stereocenters. The molecule has 1 rings (SSSR count). The number of sulfone groups is 1. The van der Waals surface area contributed by atoms with Gasteiger partial charge in [0.05, 0.1) is 12.3 Å². The largest absolute Gasteiger partial charge is 0.314 e. The van der Waals surface area contributed by atoms with Crippen LogP contribution in [0.25, 0.3) is 0 Å². The van der Waals surface area contributed by atoms with E-state index in [9.17, 15) is 13.2 Å². The molecular formula is C11H22N2O3S. The van der Waals surface area contributed by atoms with Gasteiger partial charge in [0, 0.05) is 38.4 Å². The van der Waals surface area contributed by atoms with Crippen LogP contribution in [0.5, 0.6) is 0 Å². The molecule has 0 unspecified atom stereocenters. The Labute approximate surface area is 103 Å². The average Bonchev–Trinajstić information content (AvgIpc) is 2.28. The molecule has 0 aliphatic carbocycles. The topological polar surface area (TPSA) is 66.5 Å². The molecule has 0 amide bonds. The predicted molar refractivity (Wildman–Crippen MR) is 67.9 cm³/mol. The van der Waals surface area contributed by atoms with E-state index >= 15 is 0 Å². The summed E-state index contributed by atoms with van der Waals surface area (Å²) in [7, 11) is -3.02. The zero-order valence-electron chi connectivity index (χ0n) is 10.4. The summed E-state index contributed by atoms with van der Waals surface area (Å²) in [5, 5.41) is 3.21. The van der Waals surface area contributed by atoms with E-state index in [1.54, 1.807) is 0 Å². The lowest BCUT2D eigenvalue weighted by Crippen LogP contribution is -2.45. The number of carbonyl (C=O) groups is 1. The maximum atomic E-state index is 11.6. The number of nitrogens with one attached hydrogen (secondary N) is 1. The molecule has 1 aliphatic heterocycles. The zero-order chi connectivity index (χ0) is 12.7. The third kappa shape index (κ3) is 6.14. The summed E-state index contributed by atoms with van der Waals surface area (Å²) in [6.45, 7) is 5.77. The first kappa shape index (κ1) is 14.6. The maximum Gasteiger partial charge on any atom is 0.150 e. The van der Waals surface area contributed by atoms with Crippen LogP contribution in [0.3, 0.4) is 0 Å². The van der Waals surface area contributed by atoms with Gasteiger partial charge >= 0.3 is 0 Å². The first-order chi connectivity index (χ1) is 8.03. The average molecular weight is 262 g/mol. The number of hydrogen-bond acceptors (Lipinski definition) is 5. The molecule has 1 fully saturated rings. The van der Waals surface area contributed by atoms with Crippen LogP contribution in [-0.4, -0.2) is 63.3 Å². The molecule has 1 saturated heterocycles. The lowest BCUT2D eigenvalue weighted by Gasteiger charge is -2.26. The Morgan fingerprint density at radius 1 is 1.24 bits per heavy atom. The number of hydrogen-bond donors (Lipinski definition) is 1. The highest BCUT2D eigenvalue weighted by Crippen LogP contribution is 2.00. The van der Waals surface area contributed by atoms with Crippen molar-refractivity contribution in [3.05, 3.63) is 0 Å². The maximum absolute atomic E-state index is 11.6. The second-order valence-electron chi connectivity index (χ2n) is 4.47. The summed E-state index contributed by atoms with van der Waals surface area (Å²) in [5.74, 6) is 0.228. The Bertz CT molecular complexity index is 335. The summed E-state index contributed by atoms with van der Waals surface area (Å²) in [4.78, 5) is 13.7. The van der Waals surface area contributed by atoms with Gasteiger partial charge in [0.2, 0.25) is 0 Å². The minimum atomic E-state index is -3.02. The molecule has 6 heteroatoms. The lowest BCUT2D eigenvalue weighted by molar-refractivity contribution is -0.119. The molecule has 0 bridgehead atoms. The van der Waals surface area contributed by atoms with Crippen LogP contribution in [0, 0.1) is 0 Å². The van der Waals surface area contributed by atoms with E-state index < -0.39 is 9.84 Å². The second kappa shape index (κ2) is 7.08. The summed E-state index contributed by atoms with van der Waals surface area (Å²) in [5.41, 5.74) is 0. The second-order valence-corrected chi connectivity index (χ2v) is 6.77. The molecule has 0 aromatic carbocycles. The Hall–Kier alpha value is -0.460. The molecule has 0 aromatic heterocycles. The van der Waals surface area contributed by atoms with E-state index in [1.165, 1.54) is 0 Å². The van der Waals surface area contributed by atoms with E-state index in [-0.39, 0.29) is 23.7 Å². The van der Waals surface area contributed by atoms with Crippen molar-refractivity contribution in [2.24, 2.45) is 0 Å². The SMILES string of the molecule is CCCS(=O)(=O)CCC(=O)CN1CCNCC1. The highest BCUT2D eigenvalue weighted by atomic mass is 32.2. The number of nitrogens with zero attached hydrogens (tertiary/aromatic N) is 1. The van der Waals surface area contributed by atoms with Crippen molar-refractivity contribution in [1.82, 2.24) is 10.2 Å². The van der Waals surface area contributed by atoms with Crippen molar-refractivity contribution in [3.8, 4) is 0 Å². The number of piperazine rings is 1. The molecule has 0 radical (unpaired) electrons. The molecule has 1 heterocycles. The fourth-order valence-corrected chi connectivity index (χ4v) is 3.24. The van der Waals surface area contributed by atoms with Crippen molar-refractivity contribution in [2.75, 3.05) is 44.2 Å². The van der Waals surface area contributed by atoms with Crippen molar-refractivity contribution in [3.63, 3.8) is 0 Å². The van der Waals surface area contributed by atoms with Crippen LogP contribution in [0.2, 0.25) is 0 Å². The molecule has 1 N–H and O–H groups in total. The van der Waals surface area contributed by atoms with Crippen molar-refractivity contribution >= 4 is 15.6 Å². The van der Waals surface area contributed by atoms with E-state index in [4.69, 9.17) is 0 Å². The van der Waals surface area contributed by atoms with E-state index in [0.717, 1.165) is 26.2 Å². The highest BCUT2D eigenvalue weighted by Gasteiger charge is 2.16. The quantitative estimate of drug-likeness (QED) is 0.681. The number of carbonyl (C=O) groups excluding carboxylic acids is 1. The van der Waals surface area contributed by atoms with Crippen molar-refractivity contribution in [2.45, 2.75) is 19.8 Å². The smallest absolute Gasteiger partial charge is 0.150 e. The van der Waals surface area contributed by atoms with Gasteiger partial charge in [-0.15, -0.1) is 0 Å². The predicted octanol–water partition coefficient (Wildman–Crippen LogP) is -0.324. The highest BCUT2D eigenvalue weighted by molar-refractivity contribution is 7.91. The van der Waals surface area contributed by atoms with Gasteiger partial charge in [-0.3, -0.25) is 9.69 Å². The molecular weight excluding hydrogens is 240 g/mol. The molecule has 0 saturated carbocycles. The van der Waals surface area contributed by atoms with E-state index in [2.05, 4.69) is 10.2 Å². The van der Waals surface area contributed by atoms with Gasteiger partial charge in [0.15, 0.2) is 9.84 Å². The minimum absolute atomic E-state index is 0.00572. The lowest BCUT2D eigenvalue weighted by atomic mass is 10.2. The molecule has 5 nitrogen and oxygen atoms in total. The number of Topliss-reactive ketones (excluding diaryl/α,β-unsaturated/α-hetero) is 1. The summed E-state index contributed by atoms with van der Waals surface area (Å²) in [6, 6.07) is 0. The van der Waals surface area contributed by atoms with Gasteiger partial charge in [-0.1, -0.05) is 6.92 Å². The summed E-state index contributed by atoms with van der Waals surface area (Å²) in [6.07, 6.45) is 0.778. The monoisotopic (exact) mass is 262 g/mol. The normalized spacial score (nSPS) is 18.2. The Morgan fingerprint density at radius 2 is 1.88 bits per heavy atom. The van der Waals surface area contributed by atoms with Crippen molar-refractivity contribution < 1.29 is 13.2 Å². The van der Waals surface area contributed by atoms with Gasteiger partial charge in [-0.25, -0.2) is 8.42 Å². The molecule has 0 aromatic rings. The summed E-state index contributed by atoms with van der Waals surface area (Å²) >= 11 is 0. The van der Waals surface area contributed by atoms with Crippen LogP contribution >= 0.6 is 0 Å². The van der Waals surface area contributed by atoms with Gasteiger partial charge in [0.1, 0.15) is 5.78 Å². The zero-order valence-corrected chi connectivity index (χ0v) is 11.3. The first-order valence-electron chi connectivity index (χ1n) is 6.18. The van der Waals surface area contributed by atoms with Crippen LogP contribution < -0.4 is 5.32 Å². The van der Waals surface area contributed by atoms with Gasteiger partial charge < -0.3 is 5.32 Å². The van der Waals surface area contributed by atoms with Crippen LogP contribution in [-0.2, 0) is 14.6 Å². The van der Waals surface area contributed by atoms with Gasteiger partial charge in [-0.2, -0.15) is 0 Å². The Balaban J connectivity index is 2.25. The van der Waals surface area contributed by atoms with Gasteiger partial charge in [0.25, 0.3) is 0 Å². The third-order valence-corrected chi connectivity index (χ3v) is 4.67. The number of ketones is 1. The van der Waals surface area contributed by atoms with E-state index in [0.29, 0.717) is 13.0 Å². The van der Waals surface area contributed by atoms with E-state index in [1.807, 2.05) is 6.92 Å². The Morgan fingerprint density at radius 3 is 2.47 bits per heavy atom. The van der Waals surface area contributed by atoms with Crippen LogP contribution in [0.1, 0.15) is 19.8 Å². The number of rotatable bonds is 7. The molecule has 0 spiro atoms. The van der Waals surface area contributed by atoms with Crippen molar-refractivity contribution in [1.29, 1.82) is 0 Å². The fraction of sp³-hybridized carbons (Fsp3) is 0.909. The standard InChI is InChI=1S/C11H22N2O3S/c1-2-8-17(15,16)9-3-11(14)10-13-6-4-12-5-7-13/h12H,2-10H2,1H3. The molecule has 100 valence electrons. The van der Waals surface area contributed by atoms with Gasteiger partial charge in [-0.05, 0) is 6.42 Å². The molecule has 17 heavy (non-hydrogen) atoms. The molecule has 1 aliphatic rings. The Kier molecular flexibility index (Phi) is 6.08. The summed E-state index contributed by atoms with van der Waals surface area (Å²) < 4.78 is 22.9. The first-order valence-corrected chi connectivity index (χ1v) is 8.01. The fourth-order valence-electron chi connectivity index (χ4n) is 1.88. The van der Waals surface area contributed by atoms with Crippen LogP contribution in [0.4, 0.5) is 0 Å². The van der Waals surface area contributed by atoms with Crippen LogP contribution in [0.15, 0.2) is 0 Å². The third-order valence-electron chi connectivity index (χ3n) is 2.82. The minimum Gasteiger partial charge on any atom is -0.314 e.